The number of aryl methyl sites for hydroxylation is 1. The first-order valence-electron chi connectivity index (χ1n) is 8.02. The topological polar surface area (TPSA) is 84.8 Å². The summed E-state index contributed by atoms with van der Waals surface area (Å²) < 4.78 is 7.60. The number of ether oxygens (including phenoxy) is 1. The van der Waals surface area contributed by atoms with Gasteiger partial charge >= 0.3 is 0 Å². The summed E-state index contributed by atoms with van der Waals surface area (Å²) in [5.74, 6) is -0.0116. The summed E-state index contributed by atoms with van der Waals surface area (Å²) in [5.41, 5.74) is 2.73. The van der Waals surface area contributed by atoms with Crippen LogP contribution in [0.5, 0.6) is 0 Å². The van der Waals surface area contributed by atoms with E-state index in [1.165, 1.54) is 0 Å². The van der Waals surface area contributed by atoms with Gasteiger partial charge in [-0.15, -0.1) is 0 Å². The number of aromatic amines is 1. The van der Waals surface area contributed by atoms with Crippen molar-refractivity contribution in [3.63, 3.8) is 0 Å². The molecule has 0 radical (unpaired) electrons. The van der Waals surface area contributed by atoms with E-state index in [9.17, 15) is 4.79 Å². The van der Waals surface area contributed by atoms with Crippen LogP contribution in [0.3, 0.4) is 0 Å². The van der Waals surface area contributed by atoms with Crippen LogP contribution in [-0.4, -0.2) is 38.3 Å². The number of aromatic nitrogens is 4. The standard InChI is InChI=1S/C17H19N5O2/c1-22-14(4-7-20-22)16-13(5-8-24-16)21-15(23)9-11-10-19-17-12(11)3-2-6-18-17/h2-4,6-7,10,13,16H,5,8-9H2,1H3,(H,18,19)(H,21,23)/t13-,16-/m0/s1. The van der Waals surface area contributed by atoms with Gasteiger partial charge in [-0.1, -0.05) is 0 Å². The van der Waals surface area contributed by atoms with Crippen LogP contribution in [0.15, 0.2) is 36.8 Å². The zero-order valence-electron chi connectivity index (χ0n) is 13.4. The van der Waals surface area contributed by atoms with Gasteiger partial charge in [0.1, 0.15) is 11.8 Å². The smallest absolute Gasteiger partial charge is 0.224 e. The van der Waals surface area contributed by atoms with E-state index in [0.717, 1.165) is 28.7 Å². The van der Waals surface area contributed by atoms with Gasteiger partial charge in [-0.25, -0.2) is 4.98 Å². The first-order chi connectivity index (χ1) is 11.7. The van der Waals surface area contributed by atoms with Crippen molar-refractivity contribution in [1.29, 1.82) is 0 Å². The summed E-state index contributed by atoms with van der Waals surface area (Å²) in [6, 6.07) is 5.75. The Morgan fingerprint density at radius 1 is 1.46 bits per heavy atom. The van der Waals surface area contributed by atoms with Crippen molar-refractivity contribution in [1.82, 2.24) is 25.1 Å². The molecule has 0 spiro atoms. The van der Waals surface area contributed by atoms with Crippen LogP contribution in [0.2, 0.25) is 0 Å². The van der Waals surface area contributed by atoms with Gasteiger partial charge in [-0.2, -0.15) is 5.10 Å². The molecule has 0 bridgehead atoms. The Bertz CT molecular complexity index is 869. The third-order valence-electron chi connectivity index (χ3n) is 4.48. The average Bonchev–Trinajstić information content (AvgIpc) is 3.28. The molecular formula is C17H19N5O2. The van der Waals surface area contributed by atoms with Crippen molar-refractivity contribution in [3.8, 4) is 0 Å². The molecule has 0 aliphatic carbocycles. The maximum Gasteiger partial charge on any atom is 0.224 e. The highest BCUT2D eigenvalue weighted by molar-refractivity contribution is 5.87. The summed E-state index contributed by atoms with van der Waals surface area (Å²) in [6.45, 7) is 0.637. The lowest BCUT2D eigenvalue weighted by atomic mass is 10.1. The van der Waals surface area contributed by atoms with Crippen LogP contribution < -0.4 is 5.32 Å². The number of rotatable bonds is 4. The lowest BCUT2D eigenvalue weighted by Gasteiger charge is -2.20. The van der Waals surface area contributed by atoms with E-state index < -0.39 is 0 Å². The molecule has 0 aromatic carbocycles. The van der Waals surface area contributed by atoms with Crippen molar-refractivity contribution < 1.29 is 9.53 Å². The highest BCUT2D eigenvalue weighted by Gasteiger charge is 2.32. The van der Waals surface area contributed by atoms with E-state index in [4.69, 9.17) is 4.74 Å². The Labute approximate surface area is 139 Å². The predicted molar refractivity (Wildman–Crippen MR) is 88.2 cm³/mol. The van der Waals surface area contributed by atoms with E-state index in [-0.39, 0.29) is 18.1 Å². The van der Waals surface area contributed by atoms with E-state index in [1.807, 2.05) is 31.4 Å². The van der Waals surface area contributed by atoms with Crippen molar-refractivity contribution in [2.75, 3.05) is 6.61 Å². The molecule has 1 saturated heterocycles. The molecule has 124 valence electrons. The number of amides is 1. The second kappa shape index (κ2) is 6.09. The largest absolute Gasteiger partial charge is 0.370 e. The lowest BCUT2D eigenvalue weighted by Crippen LogP contribution is -2.38. The molecule has 3 aromatic heterocycles. The number of carbonyl (C=O) groups excluding carboxylic acids is 1. The fourth-order valence-electron chi connectivity index (χ4n) is 3.28. The Kier molecular flexibility index (Phi) is 3.78. The fraction of sp³-hybridized carbons (Fsp3) is 0.353. The van der Waals surface area contributed by atoms with Gasteiger partial charge in [-0.3, -0.25) is 9.48 Å². The molecule has 0 unspecified atom stereocenters. The molecule has 7 nitrogen and oxygen atoms in total. The number of hydrogen-bond donors (Lipinski definition) is 2. The van der Waals surface area contributed by atoms with Crippen LogP contribution in [-0.2, 0) is 23.0 Å². The summed E-state index contributed by atoms with van der Waals surface area (Å²) in [7, 11) is 1.88. The minimum Gasteiger partial charge on any atom is -0.370 e. The number of hydrogen-bond acceptors (Lipinski definition) is 4. The predicted octanol–water partition coefficient (Wildman–Crippen LogP) is 1.49. The average molecular weight is 325 g/mol. The third kappa shape index (κ3) is 2.67. The molecule has 7 heteroatoms. The van der Waals surface area contributed by atoms with Crippen LogP contribution in [0.1, 0.15) is 23.8 Å². The Morgan fingerprint density at radius 3 is 3.21 bits per heavy atom. The molecule has 24 heavy (non-hydrogen) atoms. The third-order valence-corrected chi connectivity index (χ3v) is 4.48. The van der Waals surface area contributed by atoms with Gasteiger partial charge in [0.2, 0.25) is 5.91 Å². The normalized spacial score (nSPS) is 20.5. The number of carbonyl (C=O) groups is 1. The van der Waals surface area contributed by atoms with Gasteiger partial charge < -0.3 is 15.0 Å². The Balaban J connectivity index is 1.47. The van der Waals surface area contributed by atoms with E-state index >= 15 is 0 Å². The van der Waals surface area contributed by atoms with Gasteiger partial charge in [0.05, 0.1) is 18.2 Å². The number of nitrogens with one attached hydrogen (secondary N) is 2. The zero-order chi connectivity index (χ0) is 16.5. The molecule has 0 saturated carbocycles. The van der Waals surface area contributed by atoms with Gasteiger partial charge in [0, 0.05) is 37.6 Å². The molecule has 1 amide bonds. The maximum absolute atomic E-state index is 12.5. The van der Waals surface area contributed by atoms with Crippen molar-refractivity contribution in [3.05, 3.63) is 48.0 Å². The number of nitrogens with zero attached hydrogens (tertiary/aromatic N) is 3. The molecule has 2 N–H and O–H groups in total. The quantitative estimate of drug-likeness (QED) is 0.761. The SMILES string of the molecule is Cn1nccc1[C@H]1OCC[C@@H]1NC(=O)Cc1c[nH]c2ncccc12. The summed E-state index contributed by atoms with van der Waals surface area (Å²) in [4.78, 5) is 19.8. The van der Waals surface area contributed by atoms with Crippen molar-refractivity contribution in [2.45, 2.75) is 25.0 Å². The van der Waals surface area contributed by atoms with Gasteiger partial charge in [0.25, 0.3) is 0 Å². The van der Waals surface area contributed by atoms with Crippen molar-refractivity contribution >= 4 is 16.9 Å². The van der Waals surface area contributed by atoms with Crippen molar-refractivity contribution in [2.24, 2.45) is 7.05 Å². The zero-order valence-corrected chi connectivity index (χ0v) is 13.4. The van der Waals surface area contributed by atoms with E-state index in [2.05, 4.69) is 20.4 Å². The summed E-state index contributed by atoms with van der Waals surface area (Å²) in [6.07, 6.45) is 6.30. The second-order valence-corrected chi connectivity index (χ2v) is 6.02. The summed E-state index contributed by atoms with van der Waals surface area (Å²) >= 11 is 0. The first-order valence-corrected chi connectivity index (χ1v) is 8.02. The lowest BCUT2D eigenvalue weighted by molar-refractivity contribution is -0.121. The molecular weight excluding hydrogens is 306 g/mol. The molecule has 1 aliphatic rings. The van der Waals surface area contributed by atoms with E-state index in [0.29, 0.717) is 13.0 Å². The Hall–Kier alpha value is -2.67. The molecule has 4 rings (SSSR count). The number of pyridine rings is 1. The van der Waals surface area contributed by atoms with Gasteiger partial charge in [0.15, 0.2) is 0 Å². The van der Waals surface area contributed by atoms with Crippen LogP contribution in [0.25, 0.3) is 11.0 Å². The van der Waals surface area contributed by atoms with Crippen LogP contribution in [0.4, 0.5) is 0 Å². The summed E-state index contributed by atoms with van der Waals surface area (Å²) in [5, 5.41) is 8.28. The van der Waals surface area contributed by atoms with Crippen LogP contribution >= 0.6 is 0 Å². The molecule has 2 atom stereocenters. The highest BCUT2D eigenvalue weighted by Crippen LogP contribution is 2.28. The monoisotopic (exact) mass is 325 g/mol. The molecule has 4 heterocycles. The first kappa shape index (κ1) is 14.9. The van der Waals surface area contributed by atoms with Gasteiger partial charge in [-0.05, 0) is 30.2 Å². The molecule has 1 fully saturated rings. The van der Waals surface area contributed by atoms with Crippen LogP contribution in [0, 0.1) is 0 Å². The molecule has 1 aliphatic heterocycles. The second-order valence-electron chi connectivity index (χ2n) is 6.02. The van der Waals surface area contributed by atoms with E-state index in [1.54, 1.807) is 17.1 Å². The minimum atomic E-state index is -0.147. The highest BCUT2D eigenvalue weighted by atomic mass is 16.5. The fourth-order valence-corrected chi connectivity index (χ4v) is 3.28. The maximum atomic E-state index is 12.5. The number of fused-ring (bicyclic) bond motifs is 1. The minimum absolute atomic E-state index is 0.0116. The number of H-pyrrole nitrogens is 1. The Morgan fingerprint density at radius 2 is 2.38 bits per heavy atom. The molecule has 3 aromatic rings.